The third-order valence-corrected chi connectivity index (χ3v) is 18.8. The van der Waals surface area contributed by atoms with E-state index in [9.17, 15) is 44.0 Å². The number of carbonyl (C=O) groups is 3. The van der Waals surface area contributed by atoms with Crippen molar-refractivity contribution in [1.29, 1.82) is 0 Å². The summed E-state index contributed by atoms with van der Waals surface area (Å²) in [4.78, 5) is 48.2. The molecule has 0 aromatic heterocycles. The quantitative estimate of drug-likeness (QED) is 0.0411. The number of hydrogen-bond acceptors (Lipinski definition) is 12. The predicted molar refractivity (Wildman–Crippen MR) is 340 cm³/mol. The second-order valence-electron chi connectivity index (χ2n) is 21.4. The van der Waals surface area contributed by atoms with Crippen LogP contribution >= 0.6 is 27.5 Å². The molecule has 24 heteroatoms. The van der Waals surface area contributed by atoms with Gasteiger partial charge in [0, 0.05) is 97.6 Å². The Morgan fingerprint density at radius 1 is 0.425 bits per heavy atom. The summed E-state index contributed by atoms with van der Waals surface area (Å²) in [5.41, 5.74) is 4.23. The number of hydrogen-bond donors (Lipinski definition) is 0. The van der Waals surface area contributed by atoms with Crippen molar-refractivity contribution in [1.82, 2.24) is 14.7 Å². The number of nitrogens with zero attached hydrogens (tertiary/aromatic N) is 6. The first kappa shape index (κ1) is 67.6. The minimum Gasteiger partial charge on any atom is -0.379 e. The van der Waals surface area contributed by atoms with E-state index in [1.165, 1.54) is 54.6 Å². The maximum atomic E-state index is 13.5. The van der Waals surface area contributed by atoms with Gasteiger partial charge in [0.1, 0.15) is 37.8 Å². The maximum absolute atomic E-state index is 13.5. The third kappa shape index (κ3) is 18.8. The second-order valence-corrected chi connectivity index (χ2v) is 27.4. The zero-order valence-corrected chi connectivity index (χ0v) is 54.6. The van der Waals surface area contributed by atoms with E-state index in [4.69, 9.17) is 24.2 Å². The van der Waals surface area contributed by atoms with Crippen LogP contribution in [0.25, 0.3) is 0 Å². The average molecular weight is 1340 g/mol. The molecule has 87 heavy (non-hydrogen) atoms. The van der Waals surface area contributed by atoms with Gasteiger partial charge in [-0.05, 0) is 172 Å². The van der Waals surface area contributed by atoms with Crippen LogP contribution in [-0.4, -0.2) is 117 Å². The highest BCUT2D eigenvalue weighted by Gasteiger charge is 2.32. The van der Waals surface area contributed by atoms with E-state index in [1.807, 2.05) is 27.7 Å². The highest BCUT2D eigenvalue weighted by Crippen LogP contribution is 2.31. The van der Waals surface area contributed by atoms with Gasteiger partial charge < -0.3 is 27.2 Å². The van der Waals surface area contributed by atoms with E-state index in [2.05, 4.69) is 36.7 Å². The van der Waals surface area contributed by atoms with Gasteiger partial charge >= 0.3 is 48.4 Å². The van der Waals surface area contributed by atoms with Gasteiger partial charge in [0.05, 0.1) is 0 Å². The second kappa shape index (κ2) is 30.8. The van der Waals surface area contributed by atoms with E-state index in [-0.39, 0.29) is 50.0 Å². The van der Waals surface area contributed by atoms with Crippen LogP contribution in [-0.2, 0) is 30.4 Å². The standard InChI is InChI=1S/C21H25BrN2O4S.C21H25ClN2O4S.C21H25FN2O4S/c3*1-3-4-5-10-23-11-12-24(21(23)25)18-6-8-20(9-7-18)29(26,27)28-19-14-16(2)13-17(22)15-19/h3*6-9,13-15H,3-5,10-12H2,1-2H3. The van der Waals surface area contributed by atoms with Crippen molar-refractivity contribution in [3.8, 4) is 17.2 Å². The Morgan fingerprint density at radius 2 is 0.736 bits per heavy atom. The Bertz CT molecular complexity index is 3260. The molecular formula is C63H75BrClFN6O12S3. The molecule has 3 saturated heterocycles. The summed E-state index contributed by atoms with van der Waals surface area (Å²) in [6.45, 7) is 17.7. The summed E-state index contributed by atoms with van der Waals surface area (Å²) in [6.07, 6.45) is 9.58. The lowest BCUT2D eigenvalue weighted by Gasteiger charge is -2.19. The fourth-order valence-corrected chi connectivity index (χ4v) is 13.5. The summed E-state index contributed by atoms with van der Waals surface area (Å²) >= 11 is 9.31. The molecule has 6 aromatic rings. The molecule has 6 aromatic carbocycles. The minimum absolute atomic E-state index is 0.0188. The Balaban J connectivity index is 0.000000186. The number of urea groups is 3. The van der Waals surface area contributed by atoms with Crippen LogP contribution in [0.4, 0.5) is 35.8 Å². The van der Waals surface area contributed by atoms with Crippen LogP contribution in [0.5, 0.6) is 17.2 Å². The van der Waals surface area contributed by atoms with Crippen molar-refractivity contribution in [2.24, 2.45) is 0 Å². The fraction of sp³-hybridized carbons (Fsp3) is 0.381. The Labute approximate surface area is 525 Å². The van der Waals surface area contributed by atoms with E-state index in [1.54, 1.807) is 89.2 Å². The van der Waals surface area contributed by atoms with E-state index in [0.717, 1.165) is 99.1 Å². The molecule has 0 N–H and O–H groups in total. The van der Waals surface area contributed by atoms with Gasteiger partial charge in [0.25, 0.3) is 0 Å². The average Bonchev–Trinajstić information content (AvgIpc) is 2.28. The topological polar surface area (TPSA) is 201 Å². The molecule has 0 unspecified atom stereocenters. The van der Waals surface area contributed by atoms with Crippen LogP contribution in [0.2, 0.25) is 5.02 Å². The van der Waals surface area contributed by atoms with E-state index >= 15 is 0 Å². The molecule has 3 heterocycles. The summed E-state index contributed by atoms with van der Waals surface area (Å²) in [6, 6.07) is 31.9. The van der Waals surface area contributed by atoms with Gasteiger partial charge in [0.15, 0.2) is 0 Å². The number of anilines is 3. The third-order valence-electron chi connectivity index (χ3n) is 14.4. The van der Waals surface area contributed by atoms with Crippen LogP contribution in [0, 0.1) is 26.6 Å². The molecule has 3 aliphatic rings. The molecule has 0 radical (unpaired) electrons. The molecule has 18 nitrogen and oxygen atoms in total. The summed E-state index contributed by atoms with van der Waals surface area (Å²) < 4.78 is 105. The number of amides is 6. The van der Waals surface area contributed by atoms with Crippen molar-refractivity contribution in [2.75, 3.05) is 73.6 Å². The van der Waals surface area contributed by atoms with Crippen LogP contribution in [0.1, 0.15) is 95.2 Å². The Hall–Kier alpha value is -6.92. The first-order chi connectivity index (χ1) is 41.4. The molecule has 0 atom stereocenters. The van der Waals surface area contributed by atoms with Crippen molar-refractivity contribution in [3.05, 3.63) is 159 Å². The van der Waals surface area contributed by atoms with Gasteiger partial charge in [0.2, 0.25) is 0 Å². The number of rotatable bonds is 24. The molecule has 0 aliphatic carbocycles. The van der Waals surface area contributed by atoms with Gasteiger partial charge in [-0.1, -0.05) is 86.8 Å². The first-order valence-electron chi connectivity index (χ1n) is 29.0. The monoisotopic (exact) mass is 1340 g/mol. The summed E-state index contributed by atoms with van der Waals surface area (Å²) in [5, 5.41) is 0.404. The lowest BCUT2D eigenvalue weighted by molar-refractivity contribution is 0.219. The molecule has 3 fully saturated rings. The SMILES string of the molecule is CCCCCN1CCN(c2ccc(S(=O)(=O)Oc3cc(C)cc(Br)c3)cc2)C1=O.CCCCCN1CCN(c2ccc(S(=O)(=O)Oc3cc(C)cc(Cl)c3)cc2)C1=O.CCCCCN1CCN(c2ccc(S(=O)(=O)Oc3cc(C)cc(F)c3)cc2)C1=O. The first-order valence-corrected chi connectivity index (χ1v) is 34.4. The molecule has 0 bridgehead atoms. The highest BCUT2D eigenvalue weighted by molar-refractivity contribution is 9.10. The fourth-order valence-electron chi connectivity index (χ4n) is 9.90. The van der Waals surface area contributed by atoms with E-state index in [0.29, 0.717) is 66.9 Å². The normalized spacial score (nSPS) is 14.5. The molecule has 9 rings (SSSR count). The van der Waals surface area contributed by atoms with Crippen LogP contribution in [0.3, 0.4) is 0 Å². The Morgan fingerprint density at radius 3 is 1.05 bits per heavy atom. The summed E-state index contributed by atoms with van der Waals surface area (Å²) in [5.74, 6) is -0.236. The molecular weight excluding hydrogens is 1260 g/mol. The van der Waals surface area contributed by atoms with Crippen LogP contribution < -0.4 is 27.2 Å². The lowest BCUT2D eigenvalue weighted by Crippen LogP contribution is -2.32. The molecule has 0 spiro atoms. The highest BCUT2D eigenvalue weighted by atomic mass is 79.9. The van der Waals surface area contributed by atoms with Gasteiger partial charge in [-0.15, -0.1) is 0 Å². The number of halogens is 3. The van der Waals surface area contributed by atoms with Crippen molar-refractivity contribution in [2.45, 2.75) is 114 Å². The van der Waals surface area contributed by atoms with Crippen molar-refractivity contribution in [3.63, 3.8) is 0 Å². The largest absolute Gasteiger partial charge is 0.379 e. The molecule has 0 saturated carbocycles. The summed E-state index contributed by atoms with van der Waals surface area (Å²) in [7, 11) is -12.1. The zero-order chi connectivity index (χ0) is 63.1. The molecule has 6 amide bonds. The lowest BCUT2D eigenvalue weighted by atomic mass is 10.2. The van der Waals surface area contributed by atoms with Crippen molar-refractivity contribution < 1.29 is 56.6 Å². The maximum Gasteiger partial charge on any atom is 0.339 e. The van der Waals surface area contributed by atoms with Gasteiger partial charge in [-0.25, -0.2) is 18.8 Å². The predicted octanol–water partition coefficient (Wildman–Crippen LogP) is 14.1. The molecule has 3 aliphatic heterocycles. The Kier molecular flexibility index (Phi) is 23.9. The number of unbranched alkanes of at least 4 members (excludes halogenated alkanes) is 6. The van der Waals surface area contributed by atoms with Crippen LogP contribution in [0.15, 0.2) is 147 Å². The van der Waals surface area contributed by atoms with Crippen molar-refractivity contribution >= 4 is 93.0 Å². The van der Waals surface area contributed by atoms with E-state index < -0.39 is 36.2 Å². The smallest absolute Gasteiger partial charge is 0.339 e. The number of carbonyl (C=O) groups excluding carboxylic acids is 3. The minimum atomic E-state index is -4.11. The zero-order valence-electron chi connectivity index (χ0n) is 49.8. The number of aryl methyl sites for hydroxylation is 3. The number of benzene rings is 6. The van der Waals surface area contributed by atoms with Gasteiger partial charge in [-0.2, -0.15) is 25.3 Å². The van der Waals surface area contributed by atoms with Gasteiger partial charge in [-0.3, -0.25) is 14.7 Å². The molecule has 468 valence electrons.